The molecule has 23 nitrogen and oxygen atoms in total. The van der Waals surface area contributed by atoms with E-state index in [0.717, 1.165) is 6.07 Å². The van der Waals surface area contributed by atoms with E-state index in [1.54, 1.807) is 53.8 Å². The fourth-order valence-electron chi connectivity index (χ4n) is 8.65. The molecule has 8 amide bonds. The number of carboxylic acids is 1. The number of aromatic nitrogens is 4. The second-order valence-corrected chi connectivity index (χ2v) is 18.3. The van der Waals surface area contributed by atoms with E-state index >= 15 is 4.39 Å². The maximum absolute atomic E-state index is 15.4. The molecule has 2 aromatic carbocycles. The lowest BCUT2D eigenvalue weighted by Gasteiger charge is -2.35. The van der Waals surface area contributed by atoms with Crippen LogP contribution in [0.3, 0.4) is 0 Å². The van der Waals surface area contributed by atoms with E-state index in [0.29, 0.717) is 61.2 Å². The third-order valence-electron chi connectivity index (χ3n) is 12.8. The number of carboxylic acid groups (broad SMARTS) is 1. The highest BCUT2D eigenvalue weighted by molar-refractivity contribution is 6.02. The number of hydrogen-bond acceptors (Lipinski definition) is 13. The molecule has 2 aliphatic rings. The molecule has 24 heteroatoms. The SMILES string of the molecule is CCn1cc(C(=O)O)c(=O)c2cc(F)c(N3CCN(C(=O)OCc4ccc(NC(=O)[C@H](CCCNC(N)=O)n5cc([C@@H](NC(=O)[C@H](C)NC(=O)CCCCCN6C(=O)CCC6=O)C(C)C)nn5)cc4)CC3)cc21. The number of nitrogens with one attached hydrogen (secondary N) is 4. The highest BCUT2D eigenvalue weighted by atomic mass is 19.1. The van der Waals surface area contributed by atoms with Gasteiger partial charge in [0.05, 0.1) is 23.4 Å². The Labute approximate surface area is 419 Å². The number of likely N-dealkylation sites (tertiary alicyclic amines) is 1. The average molecular weight is 1020 g/mol. The van der Waals surface area contributed by atoms with Gasteiger partial charge >= 0.3 is 18.1 Å². The van der Waals surface area contributed by atoms with Crippen LogP contribution in [0.25, 0.3) is 10.9 Å². The number of rotatable bonds is 23. The van der Waals surface area contributed by atoms with Gasteiger partial charge in [-0.3, -0.25) is 33.7 Å². The molecule has 2 aliphatic heterocycles. The smallest absolute Gasteiger partial charge is 0.410 e. The van der Waals surface area contributed by atoms with Crippen molar-refractivity contribution in [2.75, 3.05) is 49.5 Å². The summed E-state index contributed by atoms with van der Waals surface area (Å²) in [5, 5.41) is 29.0. The number of pyridine rings is 1. The lowest BCUT2D eigenvalue weighted by Crippen LogP contribution is -2.49. The molecule has 0 aliphatic carbocycles. The van der Waals surface area contributed by atoms with Crippen molar-refractivity contribution in [3.05, 3.63) is 81.7 Å². The molecule has 0 saturated carbocycles. The van der Waals surface area contributed by atoms with E-state index in [2.05, 4.69) is 31.6 Å². The van der Waals surface area contributed by atoms with Crippen molar-refractivity contribution in [2.45, 2.75) is 110 Å². The van der Waals surface area contributed by atoms with Gasteiger partial charge in [0.15, 0.2) is 0 Å². The van der Waals surface area contributed by atoms with Crippen LogP contribution in [-0.2, 0) is 41.9 Å². The zero-order valence-corrected chi connectivity index (χ0v) is 41.4. The van der Waals surface area contributed by atoms with Crippen molar-refractivity contribution in [1.29, 1.82) is 0 Å². The molecule has 3 atom stereocenters. The Balaban J connectivity index is 0.998. The number of hydrogen-bond donors (Lipinski definition) is 6. The second-order valence-electron chi connectivity index (χ2n) is 18.3. The summed E-state index contributed by atoms with van der Waals surface area (Å²) in [5.74, 6) is -3.84. The van der Waals surface area contributed by atoms with E-state index in [-0.39, 0.29) is 99.7 Å². The number of carbonyl (C=O) groups excluding carboxylic acids is 7. The summed E-state index contributed by atoms with van der Waals surface area (Å²) in [6.45, 7) is 8.85. The van der Waals surface area contributed by atoms with E-state index in [1.165, 1.54) is 26.7 Å². The fourth-order valence-corrected chi connectivity index (χ4v) is 8.65. The van der Waals surface area contributed by atoms with Crippen LogP contribution in [0.15, 0.2) is 53.6 Å². The lowest BCUT2D eigenvalue weighted by atomic mass is 10.0. The number of fused-ring (bicyclic) bond motifs is 1. The second kappa shape index (κ2) is 25.0. The summed E-state index contributed by atoms with van der Waals surface area (Å²) >= 11 is 0. The number of nitrogens with two attached hydrogens (primary N) is 1. The predicted octanol–water partition coefficient (Wildman–Crippen LogP) is 3.56. The number of primary amides is 1. The number of benzene rings is 2. The van der Waals surface area contributed by atoms with E-state index in [9.17, 15) is 48.3 Å². The fraction of sp³-hybridized carbons (Fsp3) is 0.490. The molecule has 2 aromatic heterocycles. The quantitative estimate of drug-likeness (QED) is 0.0458. The first-order valence-electron chi connectivity index (χ1n) is 24.4. The Morgan fingerprint density at radius 2 is 1.58 bits per heavy atom. The predicted molar refractivity (Wildman–Crippen MR) is 263 cm³/mol. The van der Waals surface area contributed by atoms with Gasteiger partial charge in [0.1, 0.15) is 35.8 Å². The number of aryl methyl sites for hydroxylation is 1. The lowest BCUT2D eigenvalue weighted by molar-refractivity contribution is -0.138. The minimum Gasteiger partial charge on any atom is -0.477 e. The first-order chi connectivity index (χ1) is 34.8. The van der Waals surface area contributed by atoms with Crippen LogP contribution < -0.4 is 37.3 Å². The first-order valence-corrected chi connectivity index (χ1v) is 24.4. The van der Waals surface area contributed by atoms with Gasteiger partial charge < -0.3 is 51.2 Å². The number of piperazine rings is 1. The van der Waals surface area contributed by atoms with Crippen LogP contribution in [0.1, 0.15) is 113 Å². The number of imide groups is 1. The van der Waals surface area contributed by atoms with Gasteiger partial charge in [-0.2, -0.15) is 0 Å². The van der Waals surface area contributed by atoms with E-state index < -0.39 is 64.8 Å². The third-order valence-corrected chi connectivity index (χ3v) is 12.8. The molecule has 7 N–H and O–H groups in total. The number of halogens is 1. The van der Waals surface area contributed by atoms with E-state index in [1.807, 2.05) is 13.8 Å². The number of carbonyl (C=O) groups is 8. The minimum absolute atomic E-state index is 0.0360. The Kier molecular flexibility index (Phi) is 18.6. The maximum Gasteiger partial charge on any atom is 0.410 e. The van der Waals surface area contributed by atoms with Crippen molar-refractivity contribution in [3.63, 3.8) is 0 Å². The minimum atomic E-state index is -1.39. The zero-order valence-electron chi connectivity index (χ0n) is 41.4. The van der Waals surface area contributed by atoms with Gasteiger partial charge in [-0.05, 0) is 75.3 Å². The summed E-state index contributed by atoms with van der Waals surface area (Å²) in [5.41, 5.74) is 6.08. The number of amides is 8. The van der Waals surface area contributed by atoms with Crippen LogP contribution >= 0.6 is 0 Å². The molecule has 2 fully saturated rings. The number of nitrogens with zero attached hydrogens (tertiary/aromatic N) is 7. The summed E-state index contributed by atoms with van der Waals surface area (Å²) in [6.07, 6.45) is 5.14. The monoisotopic (exact) mass is 1010 g/mol. The first kappa shape index (κ1) is 54.4. The highest BCUT2D eigenvalue weighted by Gasteiger charge is 2.30. The molecule has 0 spiro atoms. The van der Waals surface area contributed by atoms with E-state index in [4.69, 9.17) is 10.5 Å². The molecule has 6 rings (SSSR count). The van der Waals surface area contributed by atoms with Crippen LogP contribution in [0.5, 0.6) is 0 Å². The number of ether oxygens (including phenoxy) is 1. The Morgan fingerprint density at radius 3 is 2.22 bits per heavy atom. The molecule has 0 radical (unpaired) electrons. The van der Waals surface area contributed by atoms with Gasteiger partial charge in [0, 0.05) is 82.3 Å². The number of unbranched alkanes of at least 4 members (excludes halogenated alkanes) is 2. The molecular weight excluding hydrogens is 952 g/mol. The third kappa shape index (κ3) is 14.2. The van der Waals surface area contributed by atoms with Gasteiger partial charge in [-0.25, -0.2) is 23.5 Å². The van der Waals surface area contributed by atoms with Crippen LogP contribution in [0.4, 0.5) is 25.4 Å². The summed E-state index contributed by atoms with van der Waals surface area (Å²) < 4.78 is 24.0. The topological polar surface area (TPSA) is 303 Å². The Morgan fingerprint density at radius 1 is 0.877 bits per heavy atom. The van der Waals surface area contributed by atoms with Crippen LogP contribution in [0, 0.1) is 11.7 Å². The van der Waals surface area contributed by atoms with Crippen molar-refractivity contribution in [2.24, 2.45) is 11.7 Å². The van der Waals surface area contributed by atoms with Crippen molar-refractivity contribution in [1.82, 2.24) is 45.3 Å². The maximum atomic E-state index is 15.4. The number of aromatic carboxylic acids is 1. The highest BCUT2D eigenvalue weighted by Crippen LogP contribution is 2.28. The number of urea groups is 1. The van der Waals surface area contributed by atoms with Crippen LogP contribution in [-0.4, -0.2) is 127 Å². The Bertz CT molecular complexity index is 2740. The molecule has 0 bridgehead atoms. The summed E-state index contributed by atoms with van der Waals surface area (Å²) in [7, 11) is 0. The standard InChI is InChI=1S/C49H63FN12O11/c1-5-58-26-34(47(69)70)44(66)33-24-35(50)39(25-38(33)58)59-20-22-60(23-21-59)49(72)73-28-31-12-14-32(15-13-31)54-46(68)37(10-9-18-52-48(51)71)62-27-36(56-57-62)43(29(2)3)55-45(67)30(4)53-40(63)11-7-6-8-19-61-41(64)16-17-42(61)65/h12-15,24-27,29-30,37,43H,5-11,16-23,28H2,1-4H3,(H,53,63)(H,54,68)(H,55,67)(H,69,70)(H3,51,52,71)/t30-,37-,43-/m0/s1. The molecule has 0 unspecified atom stereocenters. The van der Waals surface area contributed by atoms with Gasteiger partial charge in [0.2, 0.25) is 35.0 Å². The summed E-state index contributed by atoms with van der Waals surface area (Å²) in [6, 6.07) is 6.06. The van der Waals surface area contributed by atoms with Gasteiger partial charge in [0.25, 0.3) is 0 Å². The van der Waals surface area contributed by atoms with Crippen molar-refractivity contribution < 1.29 is 52.6 Å². The van der Waals surface area contributed by atoms with Crippen molar-refractivity contribution in [3.8, 4) is 0 Å². The van der Waals surface area contributed by atoms with Crippen molar-refractivity contribution >= 4 is 69.9 Å². The number of anilines is 2. The largest absolute Gasteiger partial charge is 0.477 e. The molecular formula is C49H63FN12O11. The molecule has 2 saturated heterocycles. The normalized spacial score (nSPS) is 15.0. The summed E-state index contributed by atoms with van der Waals surface area (Å²) in [4.78, 5) is 117. The molecule has 73 heavy (non-hydrogen) atoms. The van der Waals surface area contributed by atoms with Gasteiger partial charge in [-0.1, -0.05) is 37.6 Å². The average Bonchev–Trinajstić information content (AvgIpc) is 3.97. The molecule has 4 aromatic rings. The van der Waals surface area contributed by atoms with Gasteiger partial charge in [-0.15, -0.1) is 5.10 Å². The Hall–Kier alpha value is -7.92. The van der Waals surface area contributed by atoms with Crippen LogP contribution in [0.2, 0.25) is 0 Å². The molecule has 4 heterocycles. The molecule has 392 valence electrons. The zero-order chi connectivity index (χ0) is 52.9.